The Morgan fingerprint density at radius 3 is 2.66 bits per heavy atom. The Morgan fingerprint density at radius 2 is 1.89 bits per heavy atom. The van der Waals surface area contributed by atoms with Crippen LogP contribution in [-0.2, 0) is 6.54 Å². The number of hydrogen-bond donors (Lipinski definition) is 3. The molecule has 4 aromatic heterocycles. The number of aromatic amines is 1. The number of amides is 2. The molecular weight excluding hydrogens is 442 g/mol. The van der Waals surface area contributed by atoms with Crippen molar-refractivity contribution in [3.8, 4) is 11.4 Å². The molecule has 0 fully saturated rings. The third-order valence-electron chi connectivity index (χ3n) is 5.31. The van der Waals surface area contributed by atoms with E-state index < -0.39 is 0 Å². The molecule has 9 heteroatoms. The molecule has 9 nitrogen and oxygen atoms in total. The first-order valence-corrected chi connectivity index (χ1v) is 11.6. The van der Waals surface area contributed by atoms with Gasteiger partial charge < -0.3 is 10.6 Å². The summed E-state index contributed by atoms with van der Waals surface area (Å²) < 4.78 is 1.64. The number of fused-ring (bicyclic) bond motifs is 2. The predicted octanol–water partition coefficient (Wildman–Crippen LogP) is 3.98. The van der Waals surface area contributed by atoms with E-state index >= 15 is 0 Å². The highest BCUT2D eigenvalue weighted by atomic mass is 16.2. The van der Waals surface area contributed by atoms with Crippen LogP contribution in [-0.4, -0.2) is 42.9 Å². The van der Waals surface area contributed by atoms with Crippen LogP contribution in [0.2, 0.25) is 0 Å². The number of aromatic nitrogens is 5. The van der Waals surface area contributed by atoms with Gasteiger partial charge in [0.05, 0.1) is 23.0 Å². The van der Waals surface area contributed by atoms with E-state index in [-0.39, 0.29) is 11.8 Å². The Morgan fingerprint density at radius 1 is 1.03 bits per heavy atom. The number of carbonyl (C=O) groups is 2. The van der Waals surface area contributed by atoms with Gasteiger partial charge in [0, 0.05) is 30.9 Å². The molecule has 35 heavy (non-hydrogen) atoms. The Labute approximate surface area is 202 Å². The largest absolute Gasteiger partial charge is 0.351 e. The summed E-state index contributed by atoms with van der Waals surface area (Å²) in [5.41, 5.74) is 3.97. The maximum Gasteiger partial charge on any atom is 0.270 e. The Hall–Kier alpha value is -4.53. The van der Waals surface area contributed by atoms with Gasteiger partial charge in [-0.1, -0.05) is 26.0 Å². The minimum Gasteiger partial charge on any atom is -0.351 e. The van der Waals surface area contributed by atoms with Crippen LogP contribution in [0.5, 0.6) is 0 Å². The maximum absolute atomic E-state index is 13.1. The van der Waals surface area contributed by atoms with Crippen molar-refractivity contribution in [3.63, 3.8) is 0 Å². The van der Waals surface area contributed by atoms with Crippen LogP contribution < -0.4 is 10.6 Å². The van der Waals surface area contributed by atoms with Crippen LogP contribution in [0.15, 0.2) is 67.1 Å². The molecule has 5 rings (SSSR count). The molecule has 4 heterocycles. The minimum absolute atomic E-state index is 0.281. The van der Waals surface area contributed by atoms with Gasteiger partial charge >= 0.3 is 0 Å². The van der Waals surface area contributed by atoms with Crippen molar-refractivity contribution in [2.24, 2.45) is 0 Å². The number of pyridine rings is 2. The van der Waals surface area contributed by atoms with Crippen LogP contribution >= 0.6 is 0 Å². The molecule has 0 aliphatic heterocycles. The van der Waals surface area contributed by atoms with Gasteiger partial charge in [-0.25, -0.2) is 4.98 Å². The fourth-order valence-corrected chi connectivity index (χ4v) is 3.77. The van der Waals surface area contributed by atoms with Crippen molar-refractivity contribution in [1.82, 2.24) is 35.2 Å². The Kier molecular flexibility index (Phi) is 7.15. The summed E-state index contributed by atoms with van der Waals surface area (Å²) in [6.07, 6.45) is 5.11. The van der Waals surface area contributed by atoms with E-state index in [1.54, 1.807) is 47.3 Å². The van der Waals surface area contributed by atoms with Crippen molar-refractivity contribution in [1.29, 1.82) is 0 Å². The van der Waals surface area contributed by atoms with E-state index in [1.807, 2.05) is 45.0 Å². The lowest BCUT2D eigenvalue weighted by molar-refractivity contribution is 0.0940. The minimum atomic E-state index is -0.284. The number of benzene rings is 1. The zero-order valence-electron chi connectivity index (χ0n) is 19.9. The number of carbonyl (C=O) groups excluding carboxylic acids is 2. The Bertz CT molecular complexity index is 1470. The van der Waals surface area contributed by atoms with Crippen molar-refractivity contribution < 1.29 is 9.59 Å². The van der Waals surface area contributed by atoms with Crippen molar-refractivity contribution in [2.75, 3.05) is 6.54 Å². The number of imidazole rings is 1. The van der Waals surface area contributed by atoms with E-state index in [1.165, 1.54) is 0 Å². The van der Waals surface area contributed by atoms with E-state index in [9.17, 15) is 9.59 Å². The number of nitrogens with zero attached hydrogens (tertiary/aromatic N) is 4. The summed E-state index contributed by atoms with van der Waals surface area (Å²) in [7, 11) is 0. The average Bonchev–Trinajstić information content (AvgIpc) is 3.53. The standard InChI is InChI=1S/C24H21N7O2.C2H6/c1-2-25-24(33)21-20(19-7-3-4-10-26-19)29-22-17(6-5-11-31(21)22)23(32)27-13-15-8-9-18-16(12-15)14-28-30-18;1-2/h3-12,14H,2,13H2,1H3,(H,25,33)(H,27,32)(H,28,30);1-2H3. The Balaban J connectivity index is 0.00000141. The highest BCUT2D eigenvalue weighted by molar-refractivity contribution is 6.04. The number of nitrogens with one attached hydrogen (secondary N) is 3. The molecule has 3 N–H and O–H groups in total. The van der Waals surface area contributed by atoms with Gasteiger partial charge in [0.1, 0.15) is 11.4 Å². The van der Waals surface area contributed by atoms with Crippen LogP contribution in [0.3, 0.4) is 0 Å². The highest BCUT2D eigenvalue weighted by Crippen LogP contribution is 2.24. The second-order valence-corrected chi connectivity index (χ2v) is 7.47. The number of H-pyrrole nitrogens is 1. The normalized spacial score (nSPS) is 10.6. The first-order chi connectivity index (χ1) is 17.2. The second kappa shape index (κ2) is 10.6. The van der Waals surface area contributed by atoms with Crippen molar-refractivity contribution in [3.05, 3.63) is 83.9 Å². The van der Waals surface area contributed by atoms with Crippen LogP contribution in [0.4, 0.5) is 0 Å². The van der Waals surface area contributed by atoms with Gasteiger partial charge in [0.15, 0.2) is 5.65 Å². The topological polar surface area (TPSA) is 117 Å². The van der Waals surface area contributed by atoms with E-state index in [2.05, 4.69) is 30.8 Å². The molecule has 0 aliphatic carbocycles. The SMILES string of the molecule is CC.CCNC(=O)c1c(-c2ccccn2)nc2c(C(=O)NCc3ccc4[nH]ncc4c3)cccn12. The van der Waals surface area contributed by atoms with Gasteiger partial charge in [0.25, 0.3) is 11.8 Å². The molecule has 0 bridgehead atoms. The summed E-state index contributed by atoms with van der Waals surface area (Å²) in [6.45, 7) is 6.66. The molecule has 2 amide bonds. The highest BCUT2D eigenvalue weighted by Gasteiger charge is 2.24. The average molecular weight is 470 g/mol. The van der Waals surface area contributed by atoms with Gasteiger partial charge in [-0.3, -0.25) is 24.1 Å². The molecular formula is C26H27N7O2. The van der Waals surface area contributed by atoms with E-state index in [0.717, 1.165) is 16.5 Å². The number of rotatable bonds is 6. The second-order valence-electron chi connectivity index (χ2n) is 7.47. The van der Waals surface area contributed by atoms with Gasteiger partial charge in [0.2, 0.25) is 0 Å². The molecule has 1 aromatic carbocycles. The smallest absolute Gasteiger partial charge is 0.270 e. The third-order valence-corrected chi connectivity index (χ3v) is 5.31. The first-order valence-electron chi connectivity index (χ1n) is 11.6. The number of hydrogen-bond acceptors (Lipinski definition) is 5. The summed E-state index contributed by atoms with van der Waals surface area (Å²) in [5.74, 6) is -0.565. The fourth-order valence-electron chi connectivity index (χ4n) is 3.77. The van der Waals surface area contributed by atoms with Crippen molar-refractivity contribution >= 4 is 28.4 Å². The van der Waals surface area contributed by atoms with Crippen LogP contribution in [0, 0.1) is 0 Å². The molecule has 0 unspecified atom stereocenters. The molecule has 0 saturated carbocycles. The summed E-state index contributed by atoms with van der Waals surface area (Å²) in [4.78, 5) is 35.0. The monoisotopic (exact) mass is 469 g/mol. The molecule has 0 aliphatic rings. The van der Waals surface area contributed by atoms with Crippen LogP contribution in [0.25, 0.3) is 27.9 Å². The van der Waals surface area contributed by atoms with Crippen molar-refractivity contribution in [2.45, 2.75) is 27.3 Å². The summed E-state index contributed by atoms with van der Waals surface area (Å²) in [6, 6.07) is 14.7. The lowest BCUT2D eigenvalue weighted by Crippen LogP contribution is -2.25. The molecule has 5 aromatic rings. The van der Waals surface area contributed by atoms with Gasteiger partial charge in [-0.2, -0.15) is 5.10 Å². The summed E-state index contributed by atoms with van der Waals surface area (Å²) >= 11 is 0. The van der Waals surface area contributed by atoms with Gasteiger partial charge in [-0.15, -0.1) is 0 Å². The predicted molar refractivity (Wildman–Crippen MR) is 135 cm³/mol. The van der Waals surface area contributed by atoms with E-state index in [0.29, 0.717) is 41.4 Å². The molecule has 0 atom stereocenters. The first kappa shape index (κ1) is 23.6. The molecule has 0 radical (unpaired) electrons. The fraction of sp³-hybridized carbons (Fsp3) is 0.192. The van der Waals surface area contributed by atoms with Gasteiger partial charge in [-0.05, 0) is 48.9 Å². The lowest BCUT2D eigenvalue weighted by atomic mass is 10.1. The quantitative estimate of drug-likeness (QED) is 0.348. The third kappa shape index (κ3) is 4.74. The maximum atomic E-state index is 13.1. The molecule has 0 saturated heterocycles. The molecule has 0 spiro atoms. The van der Waals surface area contributed by atoms with Crippen LogP contribution in [0.1, 0.15) is 47.2 Å². The summed E-state index contributed by atoms with van der Waals surface area (Å²) in [5, 5.41) is 13.7. The molecule has 178 valence electrons. The van der Waals surface area contributed by atoms with E-state index in [4.69, 9.17) is 0 Å². The lowest BCUT2D eigenvalue weighted by Gasteiger charge is -2.08. The zero-order chi connectivity index (χ0) is 24.8. The zero-order valence-corrected chi connectivity index (χ0v) is 19.9.